The van der Waals surface area contributed by atoms with Gasteiger partial charge in [0.25, 0.3) is 0 Å². The number of ether oxygens (including phenoxy) is 2. The van der Waals surface area contributed by atoms with Crippen LogP contribution in [-0.4, -0.2) is 30.7 Å². The van der Waals surface area contributed by atoms with Gasteiger partial charge in [-0.2, -0.15) is 13.2 Å². The van der Waals surface area contributed by atoms with Crippen molar-refractivity contribution in [1.29, 1.82) is 0 Å². The third-order valence-corrected chi connectivity index (χ3v) is 5.47. The van der Waals surface area contributed by atoms with Crippen LogP contribution in [0.5, 0.6) is 11.5 Å². The molecule has 152 valence electrons. The highest BCUT2D eigenvalue weighted by Gasteiger charge is 2.32. The summed E-state index contributed by atoms with van der Waals surface area (Å²) in [4.78, 5) is 0. The molecule has 3 nitrogen and oxygen atoms in total. The first-order chi connectivity index (χ1) is 13.9. The van der Waals surface area contributed by atoms with Gasteiger partial charge in [0.2, 0.25) is 12.5 Å². The Bertz CT molecular complexity index is 975. The summed E-state index contributed by atoms with van der Waals surface area (Å²) in [5.41, 5.74) is 3.42. The third-order valence-electron chi connectivity index (χ3n) is 5.47. The van der Waals surface area contributed by atoms with E-state index in [9.17, 15) is 13.2 Å². The van der Waals surface area contributed by atoms with Crippen LogP contribution in [0.4, 0.5) is 13.2 Å². The Labute approximate surface area is 168 Å². The Balaban J connectivity index is 1.69. The highest BCUT2D eigenvalue weighted by Crippen LogP contribution is 2.40. The van der Waals surface area contributed by atoms with E-state index >= 15 is 0 Å². The van der Waals surface area contributed by atoms with Gasteiger partial charge in [0.05, 0.1) is 11.1 Å². The van der Waals surface area contributed by atoms with Crippen molar-refractivity contribution in [1.82, 2.24) is 0 Å². The van der Waals surface area contributed by atoms with Gasteiger partial charge in [-0.25, -0.2) is 4.58 Å². The zero-order chi connectivity index (χ0) is 20.6. The van der Waals surface area contributed by atoms with Gasteiger partial charge in [-0.05, 0) is 47.9 Å². The van der Waals surface area contributed by atoms with Crippen molar-refractivity contribution in [3.05, 3.63) is 64.7 Å². The number of fused-ring (bicyclic) bond motifs is 2. The summed E-state index contributed by atoms with van der Waals surface area (Å²) in [6.07, 6.45) is 1.65. The van der Waals surface area contributed by atoms with Gasteiger partial charge >= 0.3 is 6.18 Å². The summed E-state index contributed by atoms with van der Waals surface area (Å²) in [5, 5.41) is 0. The monoisotopic (exact) mass is 402 g/mol. The van der Waals surface area contributed by atoms with E-state index in [4.69, 9.17) is 9.47 Å². The van der Waals surface area contributed by atoms with Crippen LogP contribution in [0.3, 0.4) is 0 Å². The number of rotatable bonds is 4. The van der Waals surface area contributed by atoms with Crippen molar-refractivity contribution >= 4 is 11.8 Å². The molecule has 2 heterocycles. The number of allylic oxidation sites excluding steroid dienone is 1. The highest BCUT2D eigenvalue weighted by molar-refractivity contribution is 6.09. The maximum Gasteiger partial charge on any atom is 0.416 e. The topological polar surface area (TPSA) is 21.5 Å². The number of hydrogen-bond donors (Lipinski definition) is 0. The zero-order valence-corrected chi connectivity index (χ0v) is 16.4. The molecule has 29 heavy (non-hydrogen) atoms. The molecule has 0 aliphatic carbocycles. The van der Waals surface area contributed by atoms with E-state index in [1.54, 1.807) is 0 Å². The molecule has 2 aliphatic heterocycles. The number of hydrogen-bond acceptors (Lipinski definition) is 2. The van der Waals surface area contributed by atoms with Gasteiger partial charge in [0, 0.05) is 12.0 Å². The Morgan fingerprint density at radius 1 is 1.07 bits per heavy atom. The minimum atomic E-state index is -4.32. The molecule has 0 bridgehead atoms. The van der Waals surface area contributed by atoms with Crippen LogP contribution >= 0.6 is 0 Å². The third kappa shape index (κ3) is 3.88. The van der Waals surface area contributed by atoms with E-state index in [2.05, 4.69) is 17.6 Å². The average molecular weight is 402 g/mol. The predicted molar refractivity (Wildman–Crippen MR) is 106 cm³/mol. The molecule has 1 atom stereocenters. The lowest BCUT2D eigenvalue weighted by atomic mass is 9.85. The number of benzene rings is 2. The molecular weight excluding hydrogens is 379 g/mol. The normalized spacial score (nSPS) is 18.4. The standard InChI is InChI=1S/C23H23F3NO2/c1-3-4-16-13-27(2)20(19-12-22-21(11-18(16)19)28-14-29-22)10-7-15-5-8-17(9-6-15)23(24,25)26/h5-12,16H,3-4,13-14H2,1-2H3/q+1. The summed E-state index contributed by atoms with van der Waals surface area (Å²) in [6, 6.07) is 9.29. The molecule has 0 saturated heterocycles. The average Bonchev–Trinajstić information content (AvgIpc) is 3.14. The van der Waals surface area contributed by atoms with Crippen molar-refractivity contribution in [3.8, 4) is 11.5 Å². The molecule has 2 aliphatic rings. The molecule has 0 saturated carbocycles. The number of likely N-dealkylation sites (N-methyl/N-ethyl adjacent to an activating group) is 1. The highest BCUT2D eigenvalue weighted by atomic mass is 19.4. The summed E-state index contributed by atoms with van der Waals surface area (Å²) < 4.78 is 51.6. The van der Waals surface area contributed by atoms with Crippen LogP contribution in [0.15, 0.2) is 42.5 Å². The van der Waals surface area contributed by atoms with Gasteiger partial charge in [0.1, 0.15) is 13.6 Å². The van der Waals surface area contributed by atoms with Gasteiger partial charge in [-0.1, -0.05) is 25.5 Å². The molecule has 6 heteroatoms. The fraction of sp³-hybridized carbons (Fsp3) is 0.348. The summed E-state index contributed by atoms with van der Waals surface area (Å²) in [5.74, 6) is 1.91. The van der Waals surface area contributed by atoms with Crippen molar-refractivity contribution in [2.24, 2.45) is 0 Å². The fourth-order valence-corrected chi connectivity index (χ4v) is 4.02. The Kier molecular flexibility index (Phi) is 5.11. The maximum atomic E-state index is 12.8. The number of halogens is 3. The van der Waals surface area contributed by atoms with Crippen molar-refractivity contribution in [3.63, 3.8) is 0 Å². The quantitative estimate of drug-likeness (QED) is 0.632. The lowest BCUT2D eigenvalue weighted by Gasteiger charge is -2.23. The number of alkyl halides is 3. The van der Waals surface area contributed by atoms with Crippen LogP contribution in [0.1, 0.15) is 47.9 Å². The molecule has 4 rings (SSSR count). The van der Waals surface area contributed by atoms with Crippen molar-refractivity contribution < 1.29 is 27.2 Å². The van der Waals surface area contributed by atoms with E-state index in [1.165, 1.54) is 17.7 Å². The number of nitrogens with zero attached hydrogens (tertiary/aromatic N) is 1. The van der Waals surface area contributed by atoms with Crippen molar-refractivity contribution in [2.45, 2.75) is 31.9 Å². The van der Waals surface area contributed by atoms with E-state index < -0.39 is 11.7 Å². The second kappa shape index (κ2) is 7.58. The molecule has 0 fully saturated rings. The lowest BCUT2D eigenvalue weighted by Crippen LogP contribution is -2.29. The minimum Gasteiger partial charge on any atom is -0.454 e. The zero-order valence-electron chi connectivity index (χ0n) is 16.4. The molecule has 1 unspecified atom stereocenters. The Morgan fingerprint density at radius 3 is 2.41 bits per heavy atom. The summed E-state index contributed by atoms with van der Waals surface area (Å²) >= 11 is 0. The molecule has 2 aromatic rings. The molecule has 0 aromatic heterocycles. The fourth-order valence-electron chi connectivity index (χ4n) is 4.02. The van der Waals surface area contributed by atoms with Gasteiger partial charge in [0.15, 0.2) is 11.5 Å². The second-order valence-electron chi connectivity index (χ2n) is 7.50. The second-order valence-corrected chi connectivity index (χ2v) is 7.50. The van der Waals surface area contributed by atoms with Gasteiger partial charge in [-0.15, -0.1) is 0 Å². The van der Waals surface area contributed by atoms with Crippen LogP contribution in [0, 0.1) is 0 Å². The SMILES string of the molecule is CCCC1C[N+](C)=C(C=Cc2ccc(C(F)(F)F)cc2)c2cc3c(cc21)OCO3. The molecular formula is C23H23F3NO2+. The van der Waals surface area contributed by atoms with Crippen LogP contribution < -0.4 is 9.47 Å². The van der Waals surface area contributed by atoms with Gasteiger partial charge in [-0.3, -0.25) is 0 Å². The molecule has 2 aromatic carbocycles. The molecule has 0 spiro atoms. The van der Waals surface area contributed by atoms with Crippen LogP contribution in [0.25, 0.3) is 6.08 Å². The Morgan fingerprint density at radius 2 is 1.76 bits per heavy atom. The Hall–Kier alpha value is -2.76. The largest absolute Gasteiger partial charge is 0.454 e. The molecule has 0 radical (unpaired) electrons. The van der Waals surface area contributed by atoms with Crippen molar-refractivity contribution in [2.75, 3.05) is 20.4 Å². The first kappa shape index (κ1) is 19.6. The van der Waals surface area contributed by atoms with E-state index in [-0.39, 0.29) is 6.79 Å². The smallest absolute Gasteiger partial charge is 0.416 e. The summed E-state index contributed by atoms with van der Waals surface area (Å²) in [7, 11) is 2.04. The van der Waals surface area contributed by atoms with Gasteiger partial charge < -0.3 is 9.47 Å². The first-order valence-corrected chi connectivity index (χ1v) is 9.74. The molecule has 0 N–H and O–H groups in total. The van der Waals surface area contributed by atoms with Crippen LogP contribution in [0.2, 0.25) is 0 Å². The minimum absolute atomic E-state index is 0.225. The predicted octanol–water partition coefficient (Wildman–Crippen LogP) is 5.48. The van der Waals surface area contributed by atoms with E-state index in [0.29, 0.717) is 5.92 Å². The summed E-state index contributed by atoms with van der Waals surface area (Å²) in [6.45, 7) is 3.28. The molecule has 0 amide bonds. The van der Waals surface area contributed by atoms with Crippen LogP contribution in [-0.2, 0) is 6.18 Å². The first-order valence-electron chi connectivity index (χ1n) is 9.74. The van der Waals surface area contributed by atoms with E-state index in [0.717, 1.165) is 59.9 Å². The van der Waals surface area contributed by atoms with E-state index in [1.807, 2.05) is 25.3 Å². The lowest BCUT2D eigenvalue weighted by molar-refractivity contribution is -0.501. The maximum absolute atomic E-state index is 12.8.